The first-order valence-corrected chi connectivity index (χ1v) is 12.4. The number of fused-ring (bicyclic) bond motifs is 3. The average Bonchev–Trinajstić information content (AvgIpc) is 3.22. The first-order chi connectivity index (χ1) is 16.1. The summed E-state index contributed by atoms with van der Waals surface area (Å²) in [4.78, 5) is 27.4. The lowest BCUT2D eigenvalue weighted by Gasteiger charge is -2.38. The number of amides is 2. The molecule has 2 amide bonds. The van der Waals surface area contributed by atoms with Crippen LogP contribution in [0.3, 0.4) is 0 Å². The minimum atomic E-state index is -0.476. The van der Waals surface area contributed by atoms with Crippen LogP contribution in [0.25, 0.3) is 0 Å². The fraction of sp³-hybridized carbons (Fsp3) is 0.680. The number of ether oxygens (including phenoxy) is 3. The van der Waals surface area contributed by atoms with Gasteiger partial charge in [0.15, 0.2) is 0 Å². The third-order valence-corrected chi connectivity index (χ3v) is 7.47. The Morgan fingerprint density at radius 3 is 2.67 bits per heavy atom. The molecule has 8 heteroatoms. The van der Waals surface area contributed by atoms with Crippen LogP contribution < -0.4 is 10.1 Å². The van der Waals surface area contributed by atoms with E-state index in [1.165, 1.54) is 6.42 Å². The van der Waals surface area contributed by atoms with Crippen LogP contribution in [-0.2, 0) is 19.1 Å². The van der Waals surface area contributed by atoms with Crippen LogP contribution in [0, 0.1) is 5.92 Å². The second-order valence-electron chi connectivity index (χ2n) is 9.68. The second kappa shape index (κ2) is 9.99. The molecule has 0 unspecified atom stereocenters. The van der Waals surface area contributed by atoms with Crippen LogP contribution in [0.15, 0.2) is 18.2 Å². The van der Waals surface area contributed by atoms with E-state index < -0.39 is 6.10 Å². The van der Waals surface area contributed by atoms with Gasteiger partial charge in [0.05, 0.1) is 19.1 Å². The second-order valence-corrected chi connectivity index (χ2v) is 9.68. The molecule has 4 aliphatic heterocycles. The lowest BCUT2D eigenvalue weighted by molar-refractivity contribution is -0.149. The van der Waals surface area contributed by atoms with Crippen molar-refractivity contribution < 1.29 is 28.9 Å². The van der Waals surface area contributed by atoms with Gasteiger partial charge in [0.25, 0.3) is 0 Å². The van der Waals surface area contributed by atoms with E-state index in [0.717, 1.165) is 55.8 Å². The Morgan fingerprint density at radius 2 is 1.91 bits per heavy atom. The van der Waals surface area contributed by atoms with Crippen molar-refractivity contribution in [3.63, 3.8) is 0 Å². The van der Waals surface area contributed by atoms with Gasteiger partial charge in [-0.15, -0.1) is 0 Å². The Balaban J connectivity index is 1.28. The molecule has 4 aliphatic rings. The molecule has 4 atom stereocenters. The fourth-order valence-electron chi connectivity index (χ4n) is 5.64. The minimum Gasteiger partial charge on any atom is -0.487 e. The van der Waals surface area contributed by atoms with Crippen molar-refractivity contribution in [2.45, 2.75) is 69.2 Å². The molecule has 3 fully saturated rings. The summed E-state index contributed by atoms with van der Waals surface area (Å²) in [6.07, 6.45) is 4.76. The van der Waals surface area contributed by atoms with E-state index in [9.17, 15) is 14.7 Å². The van der Waals surface area contributed by atoms with Crippen molar-refractivity contribution in [3.8, 4) is 5.75 Å². The molecule has 2 N–H and O–H groups in total. The molecule has 0 spiro atoms. The van der Waals surface area contributed by atoms with Gasteiger partial charge in [0.2, 0.25) is 11.8 Å². The van der Waals surface area contributed by atoms with Gasteiger partial charge in [0, 0.05) is 49.4 Å². The fourth-order valence-corrected chi connectivity index (χ4v) is 5.64. The van der Waals surface area contributed by atoms with Crippen molar-refractivity contribution in [1.29, 1.82) is 0 Å². The highest BCUT2D eigenvalue weighted by molar-refractivity contribution is 5.92. The molecular formula is C25H34N2O6. The van der Waals surface area contributed by atoms with Crippen molar-refractivity contribution in [2.75, 3.05) is 38.2 Å². The van der Waals surface area contributed by atoms with Crippen molar-refractivity contribution in [1.82, 2.24) is 4.90 Å². The van der Waals surface area contributed by atoms with Crippen molar-refractivity contribution >= 4 is 17.5 Å². The summed E-state index contributed by atoms with van der Waals surface area (Å²) in [5.74, 6) is 0.914. The van der Waals surface area contributed by atoms with E-state index in [-0.39, 0.29) is 42.5 Å². The van der Waals surface area contributed by atoms with Gasteiger partial charge in [-0.1, -0.05) is 0 Å². The van der Waals surface area contributed by atoms with Crippen LogP contribution >= 0.6 is 0 Å². The first-order valence-electron chi connectivity index (χ1n) is 12.4. The number of benzene rings is 1. The number of hydrogen-bond acceptors (Lipinski definition) is 6. The lowest BCUT2D eigenvalue weighted by Crippen LogP contribution is -2.48. The van der Waals surface area contributed by atoms with E-state index in [1.807, 2.05) is 23.1 Å². The van der Waals surface area contributed by atoms with Gasteiger partial charge in [-0.3, -0.25) is 9.59 Å². The number of nitrogens with one attached hydrogen (secondary N) is 1. The molecule has 8 nitrogen and oxygen atoms in total. The molecule has 0 bridgehead atoms. The van der Waals surface area contributed by atoms with Crippen LogP contribution in [0.5, 0.6) is 5.75 Å². The number of aliphatic hydroxyl groups is 1. The van der Waals surface area contributed by atoms with E-state index in [4.69, 9.17) is 14.2 Å². The maximum Gasteiger partial charge on any atom is 0.227 e. The van der Waals surface area contributed by atoms with E-state index in [2.05, 4.69) is 5.32 Å². The third kappa shape index (κ3) is 4.88. The SMILES string of the molecule is O=C(Nc1ccc2c(c1)[C@@H]1C[C@@H](CC(=O)N3CCCCC3)O[C@@H](CO)[C@@H]1O2)C1CCOCC1. The maximum absolute atomic E-state index is 12.8. The number of anilines is 1. The van der Waals surface area contributed by atoms with Gasteiger partial charge in [-0.05, 0) is 56.7 Å². The topological polar surface area (TPSA) is 97.3 Å². The number of aliphatic hydroxyl groups excluding tert-OH is 1. The lowest BCUT2D eigenvalue weighted by atomic mass is 9.84. The third-order valence-electron chi connectivity index (χ3n) is 7.47. The predicted octanol–water partition coefficient (Wildman–Crippen LogP) is 2.45. The largest absolute Gasteiger partial charge is 0.487 e. The Bertz CT molecular complexity index is 864. The molecule has 4 heterocycles. The quantitative estimate of drug-likeness (QED) is 0.704. The van der Waals surface area contributed by atoms with Crippen LogP contribution in [-0.4, -0.2) is 73.0 Å². The predicted molar refractivity (Wildman–Crippen MR) is 121 cm³/mol. The van der Waals surface area contributed by atoms with Gasteiger partial charge >= 0.3 is 0 Å². The number of hydrogen-bond donors (Lipinski definition) is 2. The highest BCUT2D eigenvalue weighted by Gasteiger charge is 2.46. The van der Waals surface area contributed by atoms with E-state index in [0.29, 0.717) is 26.1 Å². The molecule has 1 aromatic carbocycles. The van der Waals surface area contributed by atoms with Gasteiger partial charge in [0.1, 0.15) is 18.0 Å². The zero-order valence-electron chi connectivity index (χ0n) is 19.0. The highest BCUT2D eigenvalue weighted by atomic mass is 16.6. The van der Waals surface area contributed by atoms with Crippen molar-refractivity contribution in [3.05, 3.63) is 23.8 Å². The summed E-state index contributed by atoms with van der Waals surface area (Å²) in [7, 11) is 0. The smallest absolute Gasteiger partial charge is 0.227 e. The molecule has 0 saturated carbocycles. The number of nitrogens with zero attached hydrogens (tertiary/aromatic N) is 1. The standard InChI is InChI=1S/C25H34N2O6/c28-15-22-24-20(13-18(32-22)14-23(29)27-8-2-1-3-9-27)19-12-17(4-5-21(19)33-24)26-25(30)16-6-10-31-11-7-16/h4-5,12,16,18,20,22,24,28H,1-3,6-11,13-15H2,(H,26,30)/t18-,20-,22-,24+/m0/s1. The number of likely N-dealkylation sites (tertiary alicyclic amines) is 1. The van der Waals surface area contributed by atoms with E-state index >= 15 is 0 Å². The summed E-state index contributed by atoms with van der Waals surface area (Å²) in [5, 5.41) is 13.0. The number of carbonyl (C=O) groups excluding carboxylic acids is 2. The normalized spacial score (nSPS) is 29.7. The summed E-state index contributed by atoms with van der Waals surface area (Å²) in [6.45, 7) is 2.74. The Hall–Kier alpha value is -2.16. The Kier molecular flexibility index (Phi) is 6.85. The molecule has 0 aliphatic carbocycles. The first kappa shape index (κ1) is 22.6. The molecule has 3 saturated heterocycles. The molecular weight excluding hydrogens is 424 g/mol. The van der Waals surface area contributed by atoms with Gasteiger partial charge in [-0.25, -0.2) is 0 Å². The minimum absolute atomic E-state index is 0.0185. The average molecular weight is 459 g/mol. The molecule has 33 heavy (non-hydrogen) atoms. The number of rotatable bonds is 5. The summed E-state index contributed by atoms with van der Waals surface area (Å²) in [5.41, 5.74) is 1.77. The monoisotopic (exact) mass is 458 g/mol. The van der Waals surface area contributed by atoms with Gasteiger partial charge in [-0.2, -0.15) is 0 Å². The highest BCUT2D eigenvalue weighted by Crippen LogP contribution is 2.47. The Labute approximate surface area is 194 Å². The molecule has 1 aromatic rings. The molecule has 0 aromatic heterocycles. The summed E-state index contributed by atoms with van der Waals surface area (Å²) >= 11 is 0. The number of carbonyl (C=O) groups is 2. The molecule has 0 radical (unpaired) electrons. The van der Waals surface area contributed by atoms with Crippen LogP contribution in [0.4, 0.5) is 5.69 Å². The molecule has 180 valence electrons. The molecule has 5 rings (SSSR count). The summed E-state index contributed by atoms with van der Waals surface area (Å²) < 4.78 is 17.6. The zero-order chi connectivity index (χ0) is 22.8. The van der Waals surface area contributed by atoms with Crippen molar-refractivity contribution in [2.24, 2.45) is 5.92 Å². The van der Waals surface area contributed by atoms with E-state index in [1.54, 1.807) is 0 Å². The Morgan fingerprint density at radius 1 is 1.12 bits per heavy atom. The van der Waals surface area contributed by atoms with Crippen LogP contribution in [0.2, 0.25) is 0 Å². The maximum atomic E-state index is 12.8. The van der Waals surface area contributed by atoms with Crippen LogP contribution in [0.1, 0.15) is 56.4 Å². The summed E-state index contributed by atoms with van der Waals surface area (Å²) in [6, 6.07) is 5.73. The zero-order valence-corrected chi connectivity index (χ0v) is 19.0. The van der Waals surface area contributed by atoms with Gasteiger partial charge < -0.3 is 29.5 Å². The number of piperidine rings is 1.